The van der Waals surface area contributed by atoms with Gasteiger partial charge in [-0.25, -0.2) is 28.6 Å². The summed E-state index contributed by atoms with van der Waals surface area (Å²) in [5.74, 6) is -1.09. The molecule has 2 unspecified atom stereocenters. The largest absolute Gasteiger partial charge is 0.416 e. The van der Waals surface area contributed by atoms with Crippen molar-refractivity contribution >= 4 is 21.9 Å². The van der Waals surface area contributed by atoms with E-state index < -0.39 is 50.3 Å². The zero-order valence-electron chi connectivity index (χ0n) is 16.7. The van der Waals surface area contributed by atoms with Crippen LogP contribution < -0.4 is 15.1 Å². The van der Waals surface area contributed by atoms with Crippen molar-refractivity contribution in [3.05, 3.63) is 47.3 Å². The van der Waals surface area contributed by atoms with Gasteiger partial charge in [-0.15, -0.1) is 0 Å². The summed E-state index contributed by atoms with van der Waals surface area (Å²) in [6.07, 6.45) is -8.00. The molecule has 2 heterocycles. The van der Waals surface area contributed by atoms with Crippen LogP contribution in [0.1, 0.15) is 21.5 Å². The van der Waals surface area contributed by atoms with E-state index in [1.54, 1.807) is 4.90 Å². The SMILES string of the molecule is O=C(NO)c1cnc(N2CC3C(C2)C3NS(=O)(=O)c2cc(C(F)(F)F)cc(C(F)(F)F)c2)nc1. The van der Waals surface area contributed by atoms with Crippen LogP contribution in [-0.2, 0) is 22.4 Å². The highest BCUT2D eigenvalue weighted by molar-refractivity contribution is 7.89. The van der Waals surface area contributed by atoms with Crippen LogP contribution >= 0.6 is 0 Å². The van der Waals surface area contributed by atoms with Crippen molar-refractivity contribution in [3.8, 4) is 0 Å². The zero-order chi connectivity index (χ0) is 25.1. The van der Waals surface area contributed by atoms with Gasteiger partial charge in [0.05, 0.1) is 21.6 Å². The Kier molecular flexibility index (Phi) is 5.72. The third-order valence-electron chi connectivity index (χ3n) is 5.64. The number of benzene rings is 1. The maximum Gasteiger partial charge on any atom is 0.416 e. The third-order valence-corrected chi connectivity index (χ3v) is 7.08. The quantitative estimate of drug-likeness (QED) is 0.319. The highest BCUT2D eigenvalue weighted by atomic mass is 32.2. The fourth-order valence-corrected chi connectivity index (χ4v) is 5.27. The first kappa shape index (κ1) is 24.2. The zero-order valence-corrected chi connectivity index (χ0v) is 17.5. The Bertz CT molecular complexity index is 1170. The number of nitrogens with zero attached hydrogens (tertiary/aromatic N) is 3. The molecule has 2 fully saturated rings. The second kappa shape index (κ2) is 8.06. The highest BCUT2D eigenvalue weighted by Crippen LogP contribution is 2.47. The first-order valence-electron chi connectivity index (χ1n) is 9.54. The first-order chi connectivity index (χ1) is 15.7. The molecule has 1 saturated carbocycles. The number of anilines is 1. The first-order valence-corrected chi connectivity index (χ1v) is 11.0. The van der Waals surface area contributed by atoms with Gasteiger partial charge in [0, 0.05) is 31.5 Å². The lowest BCUT2D eigenvalue weighted by Crippen LogP contribution is -2.35. The monoisotopic (exact) mass is 511 g/mol. The van der Waals surface area contributed by atoms with Crippen molar-refractivity contribution in [2.45, 2.75) is 23.3 Å². The molecule has 1 amide bonds. The summed E-state index contributed by atoms with van der Waals surface area (Å²) in [4.78, 5) is 19.8. The van der Waals surface area contributed by atoms with Gasteiger partial charge in [0.1, 0.15) is 0 Å². The van der Waals surface area contributed by atoms with Crippen LogP contribution in [0.25, 0.3) is 0 Å². The standard InChI is InChI=1S/C18H15F6N5O4S/c19-17(20,21)9-1-10(18(22,23)24)3-11(2-9)34(32,33)28-14-12-6-29(7-13(12)14)16-25-4-8(5-26-16)15(30)27-31/h1-5,12-14,28,31H,6-7H2,(H,27,30). The number of amides is 1. The average Bonchev–Trinajstić information content (AvgIpc) is 3.18. The van der Waals surface area contributed by atoms with E-state index in [0.29, 0.717) is 0 Å². The minimum absolute atomic E-state index is 0.000515. The number of piperidine rings is 1. The van der Waals surface area contributed by atoms with E-state index in [0.717, 1.165) is 0 Å². The van der Waals surface area contributed by atoms with Gasteiger partial charge in [-0.1, -0.05) is 0 Å². The number of fused-ring (bicyclic) bond motifs is 1. The molecule has 1 saturated heterocycles. The summed E-state index contributed by atoms with van der Waals surface area (Å²) in [5, 5.41) is 8.59. The highest BCUT2D eigenvalue weighted by Gasteiger charge is 2.57. The van der Waals surface area contributed by atoms with Crippen molar-refractivity contribution in [2.75, 3.05) is 18.0 Å². The molecule has 1 aliphatic carbocycles. The smallest absolute Gasteiger partial charge is 0.340 e. The number of hydrogen-bond donors (Lipinski definition) is 3. The molecule has 3 N–H and O–H groups in total. The van der Waals surface area contributed by atoms with Crippen LogP contribution in [0.2, 0.25) is 0 Å². The number of halogens is 6. The minimum atomic E-state index is -5.17. The lowest BCUT2D eigenvalue weighted by Gasteiger charge is -2.20. The number of alkyl halides is 6. The molecule has 2 aromatic rings. The van der Waals surface area contributed by atoms with Crippen LogP contribution in [0.3, 0.4) is 0 Å². The lowest BCUT2D eigenvalue weighted by atomic mass is 10.1. The summed E-state index contributed by atoms with van der Waals surface area (Å²) in [7, 11) is -4.67. The van der Waals surface area contributed by atoms with Crippen molar-refractivity contribution in [2.24, 2.45) is 11.8 Å². The van der Waals surface area contributed by atoms with Gasteiger partial charge in [-0.2, -0.15) is 26.3 Å². The second-order valence-electron chi connectivity index (χ2n) is 7.83. The molecule has 1 aromatic heterocycles. The Morgan fingerprint density at radius 2 is 1.47 bits per heavy atom. The summed E-state index contributed by atoms with van der Waals surface area (Å²) in [5.41, 5.74) is -2.02. The van der Waals surface area contributed by atoms with E-state index in [9.17, 15) is 39.6 Å². The third kappa shape index (κ3) is 4.65. The summed E-state index contributed by atoms with van der Waals surface area (Å²) < 4.78 is 106. The Hall–Kier alpha value is -2.98. The van der Waals surface area contributed by atoms with Gasteiger partial charge in [0.2, 0.25) is 16.0 Å². The fraction of sp³-hybridized carbons (Fsp3) is 0.389. The molecule has 2 aliphatic rings. The maximum absolute atomic E-state index is 13.0. The molecule has 9 nitrogen and oxygen atoms in total. The van der Waals surface area contributed by atoms with Gasteiger partial charge >= 0.3 is 12.4 Å². The number of carbonyl (C=O) groups excluding carboxylic acids is 1. The molecular weight excluding hydrogens is 496 g/mol. The van der Waals surface area contributed by atoms with Crippen LogP contribution in [0.15, 0.2) is 35.5 Å². The molecule has 0 bridgehead atoms. The fourth-order valence-electron chi connectivity index (χ4n) is 3.86. The predicted octanol–water partition coefficient (Wildman–Crippen LogP) is 2.05. The maximum atomic E-state index is 13.0. The van der Waals surface area contributed by atoms with Gasteiger partial charge in [0.15, 0.2) is 0 Å². The number of hydrogen-bond acceptors (Lipinski definition) is 7. The molecule has 34 heavy (non-hydrogen) atoms. The number of rotatable bonds is 5. The second-order valence-corrected chi connectivity index (χ2v) is 9.55. The summed E-state index contributed by atoms with van der Waals surface area (Å²) in [6, 6.07) is -0.484. The molecule has 2 atom stereocenters. The molecule has 184 valence electrons. The number of hydroxylamine groups is 1. The van der Waals surface area contributed by atoms with E-state index in [-0.39, 0.29) is 54.6 Å². The van der Waals surface area contributed by atoms with Gasteiger partial charge in [-0.3, -0.25) is 10.0 Å². The van der Waals surface area contributed by atoms with E-state index in [1.807, 2.05) is 0 Å². The molecule has 1 aliphatic heterocycles. The molecule has 16 heteroatoms. The van der Waals surface area contributed by atoms with Crippen molar-refractivity contribution in [3.63, 3.8) is 0 Å². The van der Waals surface area contributed by atoms with Gasteiger partial charge < -0.3 is 4.90 Å². The number of nitrogens with one attached hydrogen (secondary N) is 2. The Balaban J connectivity index is 1.47. The van der Waals surface area contributed by atoms with Crippen molar-refractivity contribution < 1.29 is 44.8 Å². The van der Waals surface area contributed by atoms with Crippen molar-refractivity contribution in [1.29, 1.82) is 0 Å². The predicted molar refractivity (Wildman–Crippen MR) is 101 cm³/mol. The molecule has 0 radical (unpaired) electrons. The number of sulfonamides is 1. The van der Waals surface area contributed by atoms with Crippen LogP contribution in [0.5, 0.6) is 0 Å². The van der Waals surface area contributed by atoms with Crippen LogP contribution in [0, 0.1) is 11.8 Å². The molecule has 4 rings (SSSR count). The van der Waals surface area contributed by atoms with Gasteiger partial charge in [0.25, 0.3) is 5.91 Å². The molecular formula is C18H15F6N5O4S. The molecule has 0 spiro atoms. The van der Waals surface area contributed by atoms with Crippen molar-refractivity contribution in [1.82, 2.24) is 20.2 Å². The van der Waals surface area contributed by atoms with E-state index in [4.69, 9.17) is 5.21 Å². The van der Waals surface area contributed by atoms with E-state index in [1.165, 1.54) is 17.9 Å². The Morgan fingerprint density at radius 3 is 1.91 bits per heavy atom. The average molecular weight is 511 g/mol. The lowest BCUT2D eigenvalue weighted by molar-refractivity contribution is -0.143. The topological polar surface area (TPSA) is 125 Å². The Morgan fingerprint density at radius 1 is 0.971 bits per heavy atom. The van der Waals surface area contributed by atoms with Crippen LogP contribution in [-0.4, -0.2) is 48.6 Å². The van der Waals surface area contributed by atoms with Crippen LogP contribution in [0.4, 0.5) is 32.3 Å². The number of aromatic nitrogens is 2. The van der Waals surface area contributed by atoms with E-state index >= 15 is 0 Å². The summed E-state index contributed by atoms with van der Waals surface area (Å²) >= 11 is 0. The Labute approximate surface area is 187 Å². The van der Waals surface area contributed by atoms with E-state index in [2.05, 4.69) is 14.7 Å². The van der Waals surface area contributed by atoms with Gasteiger partial charge in [-0.05, 0) is 30.0 Å². The minimum Gasteiger partial charge on any atom is -0.340 e. The normalized spacial score (nSPS) is 22.4. The number of carbonyl (C=O) groups is 1. The molecule has 1 aromatic carbocycles. The summed E-state index contributed by atoms with van der Waals surface area (Å²) in [6.45, 7) is 0.555.